The number of benzene rings is 5. The molecule has 0 spiro atoms. The number of rotatable bonds is 6. The number of methoxy groups -OCH3 is 1. The number of para-hydroxylation sites is 3. The van der Waals surface area contributed by atoms with Gasteiger partial charge in [0.25, 0.3) is 0 Å². The minimum absolute atomic E-state index is 0.114. The van der Waals surface area contributed by atoms with E-state index in [-0.39, 0.29) is 5.25 Å². The summed E-state index contributed by atoms with van der Waals surface area (Å²) in [6.45, 7) is 2.09. The minimum Gasteiger partial charge on any atom is -0.497 e. The van der Waals surface area contributed by atoms with Gasteiger partial charge in [0, 0.05) is 38.6 Å². The molecule has 2 aliphatic heterocycles. The van der Waals surface area contributed by atoms with E-state index < -0.39 is 5.72 Å². The van der Waals surface area contributed by atoms with Gasteiger partial charge in [-0.2, -0.15) is 0 Å². The van der Waals surface area contributed by atoms with Crippen LogP contribution in [0.25, 0.3) is 10.9 Å². The van der Waals surface area contributed by atoms with Crippen LogP contribution in [0.1, 0.15) is 33.9 Å². The summed E-state index contributed by atoms with van der Waals surface area (Å²) in [6.07, 6.45) is 0.558. The standard InChI is InChI=1S/C39H31N3O3S/c1-26-16-18-27(19-17-26)37-41-45-39(29-20-22-30(43-2)23-21-29)25-36(46-35-15-9-8-14-34(35)42(37)39)32-24-28-10-6-7-13-33(28)40-38(32)44-31-11-4-3-5-12-31/h3-24,36H,25H2,1-2H3. The summed E-state index contributed by atoms with van der Waals surface area (Å²) in [6, 6.07) is 45.3. The molecule has 46 heavy (non-hydrogen) atoms. The van der Waals surface area contributed by atoms with Crippen LogP contribution in [0.3, 0.4) is 0 Å². The average Bonchev–Trinajstić information content (AvgIpc) is 3.41. The number of pyridine rings is 1. The Labute approximate surface area is 272 Å². The van der Waals surface area contributed by atoms with Crippen LogP contribution in [0.5, 0.6) is 17.4 Å². The minimum atomic E-state index is -0.966. The lowest BCUT2D eigenvalue weighted by atomic mass is 9.91. The normalized spacial score (nSPS) is 18.6. The number of aromatic nitrogens is 1. The van der Waals surface area contributed by atoms with Crippen LogP contribution in [0.4, 0.5) is 5.69 Å². The number of thioether (sulfide) groups is 1. The van der Waals surface area contributed by atoms with Crippen molar-refractivity contribution in [1.29, 1.82) is 0 Å². The number of anilines is 1. The number of oxime groups is 1. The Morgan fingerprint density at radius 1 is 0.804 bits per heavy atom. The first kappa shape index (κ1) is 28.2. The molecule has 0 radical (unpaired) electrons. The van der Waals surface area contributed by atoms with Gasteiger partial charge in [-0.1, -0.05) is 83.5 Å². The molecule has 0 saturated heterocycles. The Morgan fingerprint density at radius 2 is 1.54 bits per heavy atom. The molecule has 7 heteroatoms. The molecule has 2 aliphatic rings. The number of nitrogens with zero attached hydrogens (tertiary/aromatic N) is 3. The van der Waals surface area contributed by atoms with Crippen molar-refractivity contribution in [1.82, 2.24) is 4.98 Å². The SMILES string of the molecule is COc1ccc(C23CC(c4cc5ccccc5nc4Oc4ccccc4)Sc4ccccc4N2C(c2ccc(C)cc2)=NO3)cc1. The lowest BCUT2D eigenvalue weighted by Gasteiger charge is -2.38. The Bertz CT molecular complexity index is 2070. The number of hydrogen-bond donors (Lipinski definition) is 0. The number of aryl methyl sites for hydroxylation is 1. The third kappa shape index (κ3) is 4.93. The molecule has 0 saturated carbocycles. The summed E-state index contributed by atoms with van der Waals surface area (Å²) in [5, 5.41) is 5.77. The van der Waals surface area contributed by atoms with Gasteiger partial charge in [-0.15, -0.1) is 11.8 Å². The zero-order chi connectivity index (χ0) is 31.1. The van der Waals surface area contributed by atoms with Gasteiger partial charge in [0.2, 0.25) is 11.6 Å². The molecule has 0 N–H and O–H groups in total. The Morgan fingerprint density at radius 3 is 2.35 bits per heavy atom. The summed E-state index contributed by atoms with van der Waals surface area (Å²) in [4.78, 5) is 15.2. The smallest absolute Gasteiger partial charge is 0.242 e. The van der Waals surface area contributed by atoms with E-state index in [0.29, 0.717) is 12.3 Å². The number of hydrogen-bond acceptors (Lipinski definition) is 7. The lowest BCUT2D eigenvalue weighted by molar-refractivity contribution is -0.0284. The molecule has 2 atom stereocenters. The van der Waals surface area contributed by atoms with Gasteiger partial charge in [-0.25, -0.2) is 4.98 Å². The molecule has 2 unspecified atom stereocenters. The highest BCUT2D eigenvalue weighted by molar-refractivity contribution is 7.99. The van der Waals surface area contributed by atoms with Crippen LogP contribution in [0, 0.1) is 6.92 Å². The topological polar surface area (TPSA) is 56.2 Å². The third-order valence-corrected chi connectivity index (χ3v) is 9.87. The van der Waals surface area contributed by atoms with Crippen molar-refractivity contribution in [2.24, 2.45) is 5.16 Å². The van der Waals surface area contributed by atoms with E-state index in [0.717, 1.165) is 55.5 Å². The fraction of sp³-hybridized carbons (Fsp3) is 0.128. The van der Waals surface area contributed by atoms with E-state index in [1.54, 1.807) is 18.9 Å². The summed E-state index contributed by atoms with van der Waals surface area (Å²) in [7, 11) is 1.68. The molecule has 6 aromatic rings. The van der Waals surface area contributed by atoms with E-state index in [2.05, 4.69) is 84.6 Å². The lowest BCUT2D eigenvalue weighted by Crippen LogP contribution is -2.47. The van der Waals surface area contributed by atoms with Gasteiger partial charge in [-0.05, 0) is 67.6 Å². The van der Waals surface area contributed by atoms with E-state index in [4.69, 9.17) is 24.5 Å². The maximum atomic E-state index is 6.73. The number of fused-ring (bicyclic) bond motifs is 4. The fourth-order valence-corrected chi connectivity index (χ4v) is 7.58. The largest absolute Gasteiger partial charge is 0.497 e. The molecule has 0 fully saturated rings. The van der Waals surface area contributed by atoms with Gasteiger partial charge in [0.15, 0.2) is 5.84 Å². The third-order valence-electron chi connectivity index (χ3n) is 8.57. The molecular formula is C39H31N3O3S. The summed E-state index contributed by atoms with van der Waals surface area (Å²) < 4.78 is 12.1. The average molecular weight is 622 g/mol. The predicted octanol–water partition coefficient (Wildman–Crippen LogP) is 9.63. The van der Waals surface area contributed by atoms with E-state index in [1.165, 1.54) is 5.56 Å². The number of amidine groups is 1. The van der Waals surface area contributed by atoms with Gasteiger partial charge >= 0.3 is 0 Å². The second-order valence-electron chi connectivity index (χ2n) is 11.5. The van der Waals surface area contributed by atoms with Crippen molar-refractivity contribution in [2.45, 2.75) is 29.2 Å². The van der Waals surface area contributed by atoms with Gasteiger partial charge in [0.05, 0.1) is 18.3 Å². The van der Waals surface area contributed by atoms with Crippen LogP contribution < -0.4 is 14.4 Å². The van der Waals surface area contributed by atoms with E-state index in [1.807, 2.05) is 60.7 Å². The van der Waals surface area contributed by atoms with Crippen LogP contribution >= 0.6 is 11.8 Å². The maximum absolute atomic E-state index is 6.73. The molecule has 8 rings (SSSR count). The first-order valence-electron chi connectivity index (χ1n) is 15.3. The Hall–Kier alpha value is -5.27. The van der Waals surface area contributed by atoms with Crippen LogP contribution in [0.2, 0.25) is 0 Å². The van der Waals surface area contributed by atoms with E-state index in [9.17, 15) is 0 Å². The monoisotopic (exact) mass is 621 g/mol. The summed E-state index contributed by atoms with van der Waals surface area (Å²) in [5.74, 6) is 2.86. The van der Waals surface area contributed by atoms with Crippen molar-refractivity contribution in [2.75, 3.05) is 12.0 Å². The quantitative estimate of drug-likeness (QED) is 0.185. The van der Waals surface area contributed by atoms with Crippen molar-refractivity contribution in [3.05, 3.63) is 156 Å². The number of ether oxygens (including phenoxy) is 2. The van der Waals surface area contributed by atoms with Gasteiger partial charge < -0.3 is 14.3 Å². The second-order valence-corrected chi connectivity index (χ2v) is 12.7. The van der Waals surface area contributed by atoms with Gasteiger partial charge in [0.1, 0.15) is 11.5 Å². The first-order valence-corrected chi connectivity index (χ1v) is 16.2. The molecule has 3 heterocycles. The summed E-state index contributed by atoms with van der Waals surface area (Å²) in [5.41, 5.74) is 5.08. The van der Waals surface area contributed by atoms with Crippen LogP contribution in [-0.2, 0) is 10.6 Å². The molecule has 0 bridgehead atoms. The highest BCUT2D eigenvalue weighted by atomic mass is 32.2. The Kier molecular flexibility index (Phi) is 7.11. The molecule has 1 aromatic heterocycles. The van der Waals surface area contributed by atoms with Crippen molar-refractivity contribution in [3.63, 3.8) is 0 Å². The van der Waals surface area contributed by atoms with E-state index >= 15 is 0 Å². The maximum Gasteiger partial charge on any atom is 0.242 e. The molecule has 0 amide bonds. The molecule has 0 aliphatic carbocycles. The van der Waals surface area contributed by atoms with Crippen molar-refractivity contribution < 1.29 is 14.3 Å². The second kappa shape index (κ2) is 11.6. The highest BCUT2D eigenvalue weighted by Gasteiger charge is 2.53. The molecular weight excluding hydrogens is 591 g/mol. The zero-order valence-corrected chi connectivity index (χ0v) is 26.3. The van der Waals surface area contributed by atoms with Crippen molar-refractivity contribution in [3.8, 4) is 17.4 Å². The predicted molar refractivity (Wildman–Crippen MR) is 184 cm³/mol. The van der Waals surface area contributed by atoms with Crippen LogP contribution in [-0.4, -0.2) is 17.9 Å². The first-order chi connectivity index (χ1) is 22.6. The highest BCUT2D eigenvalue weighted by Crippen LogP contribution is 2.57. The molecule has 6 nitrogen and oxygen atoms in total. The van der Waals surface area contributed by atoms with Crippen molar-refractivity contribution >= 4 is 34.2 Å². The fourth-order valence-electron chi connectivity index (χ4n) is 6.23. The van der Waals surface area contributed by atoms with Crippen LogP contribution in [0.15, 0.2) is 144 Å². The summed E-state index contributed by atoms with van der Waals surface area (Å²) >= 11 is 1.80. The van der Waals surface area contributed by atoms with Gasteiger partial charge in [-0.3, -0.25) is 4.90 Å². The molecule has 226 valence electrons. The Balaban J connectivity index is 1.33. The zero-order valence-electron chi connectivity index (χ0n) is 25.5. The molecule has 5 aromatic carbocycles.